The quantitative estimate of drug-likeness (QED) is 0.153. The van der Waals surface area contributed by atoms with Crippen LogP contribution in [0.5, 0.6) is 0 Å². The molecule has 1 heterocycles. The van der Waals surface area contributed by atoms with E-state index in [0.29, 0.717) is 11.8 Å². The molecule has 1 N–H and O–H groups in total. The Morgan fingerprint density at radius 1 is 0.750 bits per heavy atom. The monoisotopic (exact) mass is 590 g/mol. The average Bonchev–Trinajstić information content (AvgIpc) is 3.46. The third kappa shape index (κ3) is 9.10. The molecule has 0 aliphatic rings. The fourth-order valence-corrected chi connectivity index (χ4v) is 5.45. The van der Waals surface area contributed by atoms with Crippen molar-refractivity contribution in [3.05, 3.63) is 160 Å². The molecule has 2 nitrogen and oxygen atoms in total. The van der Waals surface area contributed by atoms with E-state index in [9.17, 15) is 0 Å². The van der Waals surface area contributed by atoms with E-state index in [1.165, 1.54) is 47.1 Å². The fraction of sp³-hybridized carbons (Fsp3) is 0.250. The minimum absolute atomic E-state index is 0.539. The summed E-state index contributed by atoms with van der Waals surface area (Å²) < 4.78 is 1.11. The SMILES string of the molecule is BCCCC(c1ccccc1)c1ccccc1.CCC(Cc1cnc(Cc2ccc(Br)cc2)[nH]1)c1ccccc1. The van der Waals surface area contributed by atoms with E-state index < -0.39 is 0 Å². The molecule has 0 fully saturated rings. The second-order valence-corrected chi connectivity index (χ2v) is 11.3. The summed E-state index contributed by atoms with van der Waals surface area (Å²) in [5.41, 5.74) is 6.76. The summed E-state index contributed by atoms with van der Waals surface area (Å²) in [6, 6.07) is 40.8. The van der Waals surface area contributed by atoms with Crippen LogP contribution in [0.2, 0.25) is 6.32 Å². The van der Waals surface area contributed by atoms with Crippen LogP contribution in [-0.4, -0.2) is 17.8 Å². The Bertz CT molecular complexity index is 1330. The zero-order valence-corrected chi connectivity index (χ0v) is 25.4. The van der Waals surface area contributed by atoms with Crippen LogP contribution in [0, 0.1) is 0 Å². The lowest BCUT2D eigenvalue weighted by Gasteiger charge is -2.17. The van der Waals surface area contributed by atoms with Gasteiger partial charge >= 0.3 is 0 Å². The first-order chi connectivity index (χ1) is 19.7. The zero-order chi connectivity index (χ0) is 28.0. The number of aromatic nitrogens is 2. The summed E-state index contributed by atoms with van der Waals surface area (Å²) in [5.74, 6) is 2.12. The number of nitrogens with zero attached hydrogens (tertiary/aromatic N) is 1. The van der Waals surface area contributed by atoms with Gasteiger partial charge in [0, 0.05) is 28.7 Å². The molecule has 204 valence electrons. The van der Waals surface area contributed by atoms with Crippen molar-refractivity contribution in [1.82, 2.24) is 9.97 Å². The van der Waals surface area contributed by atoms with Gasteiger partial charge in [-0.25, -0.2) is 4.98 Å². The molecule has 0 saturated carbocycles. The first-order valence-electron chi connectivity index (χ1n) is 14.6. The van der Waals surface area contributed by atoms with Gasteiger partial charge in [-0.3, -0.25) is 0 Å². The molecule has 0 bridgehead atoms. The summed E-state index contributed by atoms with van der Waals surface area (Å²) in [5, 5.41) is 0. The lowest BCUT2D eigenvalue weighted by Crippen LogP contribution is -2.02. The van der Waals surface area contributed by atoms with Gasteiger partial charge in [0.2, 0.25) is 0 Å². The highest BCUT2D eigenvalue weighted by atomic mass is 79.9. The van der Waals surface area contributed by atoms with Crippen molar-refractivity contribution in [3.63, 3.8) is 0 Å². The lowest BCUT2D eigenvalue weighted by atomic mass is 9.85. The van der Waals surface area contributed by atoms with Gasteiger partial charge in [0.1, 0.15) is 13.7 Å². The molecule has 5 aromatic rings. The van der Waals surface area contributed by atoms with Crippen LogP contribution >= 0.6 is 15.9 Å². The minimum atomic E-state index is 0.539. The Kier molecular flexibility index (Phi) is 11.9. The first kappa shape index (κ1) is 29.6. The third-order valence-electron chi connectivity index (χ3n) is 7.45. The van der Waals surface area contributed by atoms with Gasteiger partial charge in [-0.15, -0.1) is 0 Å². The standard InChI is InChI=1S/C20H21BrN2.C16H19B/c1-2-16(17-6-4-3-5-7-17)13-19-14-22-20(23-19)12-15-8-10-18(21)11-9-15;17-13-7-12-16(14-8-3-1-4-9-14)15-10-5-2-6-11-15/h3-11,14,16H,2,12-13H2,1H3,(H,22,23);1-6,8-11,16H,7,12-13,17H2. The van der Waals surface area contributed by atoms with Gasteiger partial charge in [-0.2, -0.15) is 0 Å². The molecule has 4 aromatic carbocycles. The van der Waals surface area contributed by atoms with Gasteiger partial charge in [-0.1, -0.05) is 139 Å². The number of aromatic amines is 1. The van der Waals surface area contributed by atoms with E-state index >= 15 is 0 Å². The maximum absolute atomic E-state index is 4.55. The maximum Gasteiger partial charge on any atom is 0.110 e. The van der Waals surface area contributed by atoms with Crippen molar-refractivity contribution in [2.45, 2.75) is 57.2 Å². The van der Waals surface area contributed by atoms with Crippen molar-refractivity contribution in [1.29, 1.82) is 0 Å². The molecular weight excluding hydrogens is 551 g/mol. The predicted octanol–water partition coefficient (Wildman–Crippen LogP) is 9.15. The highest BCUT2D eigenvalue weighted by Gasteiger charge is 2.13. The summed E-state index contributed by atoms with van der Waals surface area (Å²) in [7, 11) is 2.26. The average molecular weight is 591 g/mol. The van der Waals surface area contributed by atoms with Gasteiger partial charge in [0.05, 0.1) is 0 Å². The van der Waals surface area contributed by atoms with Crippen molar-refractivity contribution in [3.8, 4) is 0 Å². The lowest BCUT2D eigenvalue weighted by molar-refractivity contribution is 0.651. The van der Waals surface area contributed by atoms with Crippen LogP contribution in [0.15, 0.2) is 126 Å². The first-order valence-corrected chi connectivity index (χ1v) is 15.4. The Morgan fingerprint density at radius 3 is 1.82 bits per heavy atom. The van der Waals surface area contributed by atoms with Crippen molar-refractivity contribution in [2.75, 3.05) is 0 Å². The smallest absolute Gasteiger partial charge is 0.110 e. The summed E-state index contributed by atoms with van der Waals surface area (Å²) in [4.78, 5) is 8.04. The molecule has 0 saturated heterocycles. The molecule has 40 heavy (non-hydrogen) atoms. The Morgan fingerprint density at radius 2 is 1.30 bits per heavy atom. The molecule has 1 unspecified atom stereocenters. The number of imidazole rings is 1. The van der Waals surface area contributed by atoms with Gasteiger partial charge < -0.3 is 4.98 Å². The molecule has 1 atom stereocenters. The highest BCUT2D eigenvalue weighted by molar-refractivity contribution is 9.10. The van der Waals surface area contributed by atoms with Crippen molar-refractivity contribution >= 4 is 23.8 Å². The number of H-pyrrole nitrogens is 1. The normalized spacial score (nSPS) is 11.6. The Labute approximate surface area is 249 Å². The van der Waals surface area contributed by atoms with E-state index in [1.54, 1.807) is 0 Å². The molecule has 0 amide bonds. The summed E-state index contributed by atoms with van der Waals surface area (Å²) in [6.07, 6.45) is 8.75. The van der Waals surface area contributed by atoms with Crippen LogP contribution < -0.4 is 0 Å². The van der Waals surface area contributed by atoms with E-state index in [-0.39, 0.29) is 0 Å². The number of benzene rings is 4. The number of hydrogen-bond acceptors (Lipinski definition) is 1. The second kappa shape index (κ2) is 16.0. The van der Waals surface area contributed by atoms with Gasteiger partial charge in [0.25, 0.3) is 0 Å². The van der Waals surface area contributed by atoms with E-state index in [4.69, 9.17) is 0 Å². The summed E-state index contributed by atoms with van der Waals surface area (Å²) in [6.45, 7) is 2.25. The molecule has 5 rings (SSSR count). The topological polar surface area (TPSA) is 28.7 Å². The number of hydrogen-bond donors (Lipinski definition) is 1. The Balaban J connectivity index is 0.000000194. The largest absolute Gasteiger partial charge is 0.346 e. The molecular formula is C36H40BBrN2. The highest BCUT2D eigenvalue weighted by Crippen LogP contribution is 2.29. The van der Waals surface area contributed by atoms with Gasteiger partial charge in [0.15, 0.2) is 0 Å². The third-order valence-corrected chi connectivity index (χ3v) is 7.97. The van der Waals surface area contributed by atoms with Crippen molar-refractivity contribution < 1.29 is 0 Å². The molecule has 0 radical (unpaired) electrons. The zero-order valence-electron chi connectivity index (χ0n) is 23.8. The molecule has 4 heteroatoms. The van der Waals surface area contributed by atoms with Crippen LogP contribution in [0.1, 0.15) is 71.8 Å². The number of rotatable bonds is 11. The number of nitrogens with one attached hydrogen (secondary N) is 1. The number of halogens is 1. The maximum atomic E-state index is 4.55. The van der Waals surface area contributed by atoms with E-state index in [1.807, 2.05) is 6.20 Å². The molecule has 1 aromatic heterocycles. The molecule has 0 aliphatic heterocycles. The van der Waals surface area contributed by atoms with Crippen molar-refractivity contribution in [2.24, 2.45) is 0 Å². The van der Waals surface area contributed by atoms with Gasteiger partial charge in [-0.05, 0) is 59.6 Å². The van der Waals surface area contributed by atoms with E-state index in [0.717, 1.165) is 29.6 Å². The van der Waals surface area contributed by atoms with Crippen LogP contribution in [0.3, 0.4) is 0 Å². The van der Waals surface area contributed by atoms with Crippen LogP contribution in [0.25, 0.3) is 0 Å². The summed E-state index contributed by atoms with van der Waals surface area (Å²) >= 11 is 3.47. The fourth-order valence-electron chi connectivity index (χ4n) is 5.19. The minimum Gasteiger partial charge on any atom is -0.346 e. The molecule has 0 aliphatic carbocycles. The van der Waals surface area contributed by atoms with E-state index in [2.05, 4.69) is 156 Å². The van der Waals surface area contributed by atoms with Crippen LogP contribution in [-0.2, 0) is 12.8 Å². The second-order valence-electron chi connectivity index (χ2n) is 10.4. The molecule has 0 spiro atoms. The predicted molar refractivity (Wildman–Crippen MR) is 176 cm³/mol. The Hall–Kier alpha value is -3.37. The van der Waals surface area contributed by atoms with Crippen LogP contribution in [0.4, 0.5) is 0 Å².